The van der Waals surface area contributed by atoms with Gasteiger partial charge in [-0.25, -0.2) is 9.59 Å². The third-order valence-corrected chi connectivity index (χ3v) is 6.24. The number of unbranched alkanes of at least 4 members (excludes halogenated alkanes) is 13. The van der Waals surface area contributed by atoms with E-state index >= 15 is 0 Å². The summed E-state index contributed by atoms with van der Waals surface area (Å²) in [5.74, 6) is -1.04. The summed E-state index contributed by atoms with van der Waals surface area (Å²) in [6.45, 7) is 2.93. The van der Waals surface area contributed by atoms with Crippen molar-refractivity contribution in [1.82, 2.24) is 0 Å². The molecule has 0 spiro atoms. The molecule has 1 aromatic rings. The highest BCUT2D eigenvalue weighted by atomic mass is 79.9. The summed E-state index contributed by atoms with van der Waals surface area (Å²) in [4.78, 5) is 23.1. The van der Waals surface area contributed by atoms with Crippen molar-refractivity contribution in [3.8, 4) is 0 Å². The van der Waals surface area contributed by atoms with Gasteiger partial charge in [-0.05, 0) is 44.0 Å². The van der Waals surface area contributed by atoms with Crippen molar-refractivity contribution in [1.29, 1.82) is 0 Å². The first-order chi connectivity index (χ1) is 16.7. The molecule has 0 saturated heterocycles. The molecule has 0 aliphatic rings. The first-order valence-corrected chi connectivity index (χ1v) is 14.2. The molecule has 6 heteroatoms. The van der Waals surface area contributed by atoms with Crippen molar-refractivity contribution in [2.24, 2.45) is 0 Å². The summed E-state index contributed by atoms with van der Waals surface area (Å²) >= 11 is 3.49. The maximum atomic E-state index is 12.0. The molecule has 0 amide bonds. The van der Waals surface area contributed by atoms with E-state index in [1.165, 1.54) is 83.5 Å². The van der Waals surface area contributed by atoms with Crippen LogP contribution in [-0.2, 0) is 14.3 Å². The Labute approximate surface area is 215 Å². The lowest BCUT2D eigenvalue weighted by Gasteiger charge is -2.07. The zero-order valence-electron chi connectivity index (χ0n) is 21.0. The van der Waals surface area contributed by atoms with E-state index in [1.54, 1.807) is 19.1 Å². The Balaban J connectivity index is 1.97. The van der Waals surface area contributed by atoms with E-state index in [9.17, 15) is 9.59 Å². The lowest BCUT2D eigenvalue weighted by Crippen LogP contribution is -2.04. The molecule has 0 bridgehead atoms. The quantitative estimate of drug-likeness (QED) is 0.0562. The zero-order valence-corrected chi connectivity index (χ0v) is 22.6. The molecule has 0 atom stereocenters. The average Bonchev–Trinajstić information content (AvgIpc) is 2.84. The molecule has 0 fully saturated rings. The number of carbonyl (C=O) groups is 2. The Kier molecular flexibility index (Phi) is 19.3. The molecule has 0 aliphatic heterocycles. The van der Waals surface area contributed by atoms with E-state index in [2.05, 4.69) is 21.2 Å². The van der Waals surface area contributed by atoms with Crippen molar-refractivity contribution in [3.63, 3.8) is 0 Å². The Morgan fingerprint density at radius 2 is 1.29 bits per heavy atom. The number of esters is 2. The number of ether oxygens (including phenoxy) is 2. The van der Waals surface area contributed by atoms with E-state index < -0.39 is 11.9 Å². The Bertz CT molecular complexity index is 675. The second-order valence-electron chi connectivity index (χ2n) is 8.60. The molecular formula is C28H44BrNO4. The monoisotopic (exact) mass is 537 g/mol. The van der Waals surface area contributed by atoms with E-state index in [0.717, 1.165) is 36.3 Å². The average molecular weight is 539 g/mol. The summed E-state index contributed by atoms with van der Waals surface area (Å²) in [5, 5.41) is 4.55. The van der Waals surface area contributed by atoms with E-state index in [0.29, 0.717) is 5.56 Å². The van der Waals surface area contributed by atoms with Gasteiger partial charge in [0.05, 0.1) is 18.2 Å². The van der Waals surface area contributed by atoms with Crippen LogP contribution in [-0.4, -0.2) is 30.4 Å². The van der Waals surface area contributed by atoms with Crippen LogP contribution in [0.3, 0.4) is 0 Å². The van der Waals surface area contributed by atoms with Crippen LogP contribution < -0.4 is 5.32 Å². The number of nitrogens with one attached hydrogen (secondary N) is 1. The number of carbonyl (C=O) groups excluding carboxylic acids is 2. The molecule has 192 valence electrons. The second kappa shape index (κ2) is 21.7. The highest BCUT2D eigenvalue weighted by Gasteiger charge is 2.06. The number of hydrogen-bond acceptors (Lipinski definition) is 5. The number of alkyl halides is 1. The number of hydrogen-bond donors (Lipinski definition) is 1. The van der Waals surface area contributed by atoms with Crippen LogP contribution in [0.4, 0.5) is 5.69 Å². The molecule has 0 heterocycles. The molecule has 0 saturated carbocycles. The van der Waals surface area contributed by atoms with Crippen LogP contribution in [0.15, 0.2) is 36.6 Å². The molecule has 34 heavy (non-hydrogen) atoms. The van der Waals surface area contributed by atoms with Crippen molar-refractivity contribution < 1.29 is 19.1 Å². The van der Waals surface area contributed by atoms with Crippen molar-refractivity contribution in [2.75, 3.05) is 23.8 Å². The SMILES string of the molecule is CCOC(=O)/C=C/OC(=O)c1ccc(NCCCCCCCCCCCCCCCCBr)cc1. The first kappa shape index (κ1) is 30.2. The number of benzene rings is 1. The molecular weight excluding hydrogens is 494 g/mol. The van der Waals surface area contributed by atoms with Gasteiger partial charge in [-0.3, -0.25) is 0 Å². The van der Waals surface area contributed by atoms with Gasteiger partial charge in [0.15, 0.2) is 0 Å². The van der Waals surface area contributed by atoms with Gasteiger partial charge in [-0.15, -0.1) is 0 Å². The van der Waals surface area contributed by atoms with Crippen LogP contribution in [0, 0.1) is 0 Å². The summed E-state index contributed by atoms with van der Waals surface area (Å²) < 4.78 is 9.66. The minimum atomic E-state index is -0.535. The predicted octanol–water partition coefficient (Wildman–Crippen LogP) is 8.19. The van der Waals surface area contributed by atoms with Crippen LogP contribution >= 0.6 is 15.9 Å². The minimum Gasteiger partial charge on any atom is -0.463 e. The molecule has 0 aromatic heterocycles. The van der Waals surface area contributed by atoms with Crippen LogP contribution in [0.2, 0.25) is 0 Å². The smallest absolute Gasteiger partial charge is 0.342 e. The normalized spacial score (nSPS) is 11.0. The van der Waals surface area contributed by atoms with Crippen LogP contribution in [0.25, 0.3) is 0 Å². The summed E-state index contributed by atoms with van der Waals surface area (Å²) in [5.41, 5.74) is 1.42. The lowest BCUT2D eigenvalue weighted by atomic mass is 10.0. The Morgan fingerprint density at radius 3 is 1.79 bits per heavy atom. The van der Waals surface area contributed by atoms with Crippen molar-refractivity contribution in [2.45, 2.75) is 96.8 Å². The topological polar surface area (TPSA) is 64.6 Å². The molecule has 0 aliphatic carbocycles. The van der Waals surface area contributed by atoms with Gasteiger partial charge in [-0.1, -0.05) is 93.0 Å². The van der Waals surface area contributed by atoms with E-state index in [1.807, 2.05) is 12.1 Å². The van der Waals surface area contributed by atoms with E-state index in [4.69, 9.17) is 9.47 Å². The first-order valence-electron chi connectivity index (χ1n) is 13.1. The second-order valence-corrected chi connectivity index (χ2v) is 9.40. The molecule has 1 rings (SSSR count). The lowest BCUT2D eigenvalue weighted by molar-refractivity contribution is -0.137. The number of anilines is 1. The summed E-state index contributed by atoms with van der Waals surface area (Å²) in [6, 6.07) is 7.17. The van der Waals surface area contributed by atoms with Gasteiger partial charge in [-0.2, -0.15) is 0 Å². The standard InChI is InChI=1S/C28H44BrNO4/c1-2-33-27(31)21-24-34-28(32)25-17-19-26(20-18-25)30-23-16-14-12-10-8-6-4-3-5-7-9-11-13-15-22-29/h17-21,24,30H,2-16,22-23H2,1H3/b24-21+. The van der Waals surface area contributed by atoms with Gasteiger partial charge in [0.1, 0.15) is 6.26 Å². The van der Waals surface area contributed by atoms with Crippen LogP contribution in [0.1, 0.15) is 107 Å². The third kappa shape index (κ3) is 16.7. The van der Waals surface area contributed by atoms with E-state index in [-0.39, 0.29) is 6.61 Å². The van der Waals surface area contributed by atoms with Gasteiger partial charge in [0.25, 0.3) is 0 Å². The van der Waals surface area contributed by atoms with Gasteiger partial charge >= 0.3 is 11.9 Å². The minimum absolute atomic E-state index is 0.282. The third-order valence-electron chi connectivity index (χ3n) is 5.68. The fraction of sp³-hybridized carbons (Fsp3) is 0.643. The number of rotatable bonds is 21. The van der Waals surface area contributed by atoms with Gasteiger partial charge < -0.3 is 14.8 Å². The van der Waals surface area contributed by atoms with Gasteiger partial charge in [0, 0.05) is 17.6 Å². The fourth-order valence-electron chi connectivity index (χ4n) is 3.71. The summed E-state index contributed by atoms with van der Waals surface area (Å²) in [6.07, 6.45) is 21.1. The van der Waals surface area contributed by atoms with Crippen molar-refractivity contribution in [3.05, 3.63) is 42.2 Å². The van der Waals surface area contributed by atoms with Crippen molar-refractivity contribution >= 4 is 33.6 Å². The Hall–Kier alpha value is -1.82. The number of halogens is 1. The highest BCUT2D eigenvalue weighted by molar-refractivity contribution is 9.09. The highest BCUT2D eigenvalue weighted by Crippen LogP contribution is 2.14. The molecule has 5 nitrogen and oxygen atoms in total. The van der Waals surface area contributed by atoms with Crippen LogP contribution in [0.5, 0.6) is 0 Å². The largest absolute Gasteiger partial charge is 0.463 e. The van der Waals surface area contributed by atoms with Gasteiger partial charge in [0.2, 0.25) is 0 Å². The molecule has 0 radical (unpaired) electrons. The maximum absolute atomic E-state index is 12.0. The maximum Gasteiger partial charge on any atom is 0.342 e. The summed E-state index contributed by atoms with van der Waals surface area (Å²) in [7, 11) is 0. The Morgan fingerprint density at radius 1 is 0.794 bits per heavy atom. The molecule has 0 unspecified atom stereocenters. The fourth-order valence-corrected chi connectivity index (χ4v) is 4.10. The molecule has 1 N–H and O–H groups in total. The predicted molar refractivity (Wildman–Crippen MR) is 145 cm³/mol. The zero-order chi connectivity index (χ0) is 24.7. The molecule has 1 aromatic carbocycles.